The van der Waals surface area contributed by atoms with Gasteiger partial charge in [0, 0.05) is 5.69 Å². The van der Waals surface area contributed by atoms with E-state index in [0.29, 0.717) is 17.2 Å². The molecule has 21 heavy (non-hydrogen) atoms. The van der Waals surface area contributed by atoms with E-state index in [0.717, 1.165) is 36.1 Å². The van der Waals surface area contributed by atoms with Gasteiger partial charge in [-0.25, -0.2) is 4.98 Å². The monoisotopic (exact) mass is 283 g/mol. The smallest absolute Gasteiger partial charge is 0.230 e. The van der Waals surface area contributed by atoms with Crippen molar-refractivity contribution >= 4 is 5.84 Å². The molecule has 0 radical (unpaired) electrons. The first-order valence-corrected chi connectivity index (χ1v) is 6.92. The molecule has 2 aromatic rings. The molecule has 3 rings (SSSR count). The molecule has 108 valence electrons. The van der Waals surface area contributed by atoms with Crippen molar-refractivity contribution in [1.29, 1.82) is 5.41 Å². The molecule has 1 aliphatic rings. The Balaban J connectivity index is 1.94. The third-order valence-electron chi connectivity index (χ3n) is 3.63. The summed E-state index contributed by atoms with van der Waals surface area (Å²) in [6, 6.07) is 9.02. The molecular weight excluding hydrogens is 266 g/mol. The van der Waals surface area contributed by atoms with E-state index in [1.54, 1.807) is 24.3 Å². The van der Waals surface area contributed by atoms with Gasteiger partial charge in [-0.3, -0.25) is 5.41 Å². The van der Waals surface area contributed by atoms with Gasteiger partial charge in [0.15, 0.2) is 0 Å². The van der Waals surface area contributed by atoms with Crippen LogP contribution >= 0.6 is 0 Å². The lowest BCUT2D eigenvalue weighted by Crippen LogP contribution is -2.14. The van der Waals surface area contributed by atoms with Gasteiger partial charge >= 0.3 is 0 Å². The summed E-state index contributed by atoms with van der Waals surface area (Å²) in [4.78, 5) is 4.52. The number of rotatable bonds is 4. The number of benzene rings is 1. The zero-order valence-corrected chi connectivity index (χ0v) is 11.6. The van der Waals surface area contributed by atoms with Gasteiger partial charge in [-0.15, -0.1) is 0 Å². The highest BCUT2D eigenvalue weighted by atomic mass is 16.5. The van der Waals surface area contributed by atoms with Crippen LogP contribution < -0.4 is 10.5 Å². The number of hydrogen-bond donors (Lipinski definition) is 3. The van der Waals surface area contributed by atoms with Crippen molar-refractivity contribution in [2.75, 3.05) is 0 Å². The minimum absolute atomic E-state index is 0.00390. The Morgan fingerprint density at radius 3 is 2.71 bits per heavy atom. The fraction of sp³-hybridized carbons (Fsp3) is 0.250. The van der Waals surface area contributed by atoms with E-state index in [4.69, 9.17) is 21.0 Å². The van der Waals surface area contributed by atoms with Crippen molar-refractivity contribution in [2.45, 2.75) is 25.9 Å². The number of ether oxygens (including phenoxy) is 1. The molecule has 1 aromatic heterocycles. The maximum absolute atomic E-state index is 9.04. The van der Waals surface area contributed by atoms with Gasteiger partial charge in [0.05, 0.1) is 12.2 Å². The van der Waals surface area contributed by atoms with Crippen molar-refractivity contribution in [1.82, 2.24) is 4.98 Å². The van der Waals surface area contributed by atoms with Gasteiger partial charge in [-0.2, -0.15) is 0 Å². The number of aryl methyl sites for hydroxylation is 2. The van der Waals surface area contributed by atoms with E-state index >= 15 is 0 Å². The number of nitrogen functional groups attached to an aromatic ring is 1. The van der Waals surface area contributed by atoms with Crippen molar-refractivity contribution < 1.29 is 9.84 Å². The van der Waals surface area contributed by atoms with Crippen LogP contribution in [0.4, 0.5) is 0 Å². The number of fused-ring (bicyclic) bond motifs is 1. The number of pyridine rings is 1. The quantitative estimate of drug-likeness (QED) is 0.592. The Kier molecular flexibility index (Phi) is 3.58. The fourth-order valence-electron chi connectivity index (χ4n) is 2.50. The first-order valence-electron chi connectivity index (χ1n) is 6.92. The minimum atomic E-state index is -0.0424. The Morgan fingerprint density at radius 2 is 2.05 bits per heavy atom. The van der Waals surface area contributed by atoms with Crippen LogP contribution in [0.1, 0.15) is 28.8 Å². The molecule has 0 amide bonds. The van der Waals surface area contributed by atoms with E-state index in [1.807, 2.05) is 6.07 Å². The number of amidine groups is 1. The average molecular weight is 283 g/mol. The molecule has 0 atom stereocenters. The summed E-state index contributed by atoms with van der Waals surface area (Å²) in [7, 11) is 0. The lowest BCUT2D eigenvalue weighted by Gasteiger charge is -2.12. The molecule has 0 fully saturated rings. The van der Waals surface area contributed by atoms with Crippen LogP contribution in [-0.2, 0) is 19.4 Å². The summed E-state index contributed by atoms with van der Waals surface area (Å²) in [5.41, 5.74) is 9.17. The predicted octanol–water partition coefficient (Wildman–Crippen LogP) is 2.14. The maximum atomic E-state index is 9.04. The van der Waals surface area contributed by atoms with Crippen LogP contribution in [0.5, 0.6) is 11.6 Å². The molecule has 0 aliphatic heterocycles. The molecule has 0 saturated carbocycles. The van der Waals surface area contributed by atoms with Gasteiger partial charge in [-0.1, -0.05) is 12.1 Å². The minimum Gasteiger partial charge on any atom is -0.438 e. The number of aliphatic hydroxyl groups excluding tert-OH is 1. The van der Waals surface area contributed by atoms with E-state index in [9.17, 15) is 0 Å². The predicted molar refractivity (Wildman–Crippen MR) is 79.7 cm³/mol. The summed E-state index contributed by atoms with van der Waals surface area (Å²) in [6.07, 6.45) is 3.00. The summed E-state index contributed by atoms with van der Waals surface area (Å²) >= 11 is 0. The number of hydrogen-bond acceptors (Lipinski definition) is 4. The molecule has 0 spiro atoms. The van der Waals surface area contributed by atoms with Crippen LogP contribution in [-0.4, -0.2) is 15.9 Å². The van der Waals surface area contributed by atoms with Gasteiger partial charge in [0.1, 0.15) is 11.6 Å². The molecule has 0 bridgehead atoms. The molecule has 5 nitrogen and oxygen atoms in total. The van der Waals surface area contributed by atoms with Crippen LogP contribution in [0.2, 0.25) is 0 Å². The van der Waals surface area contributed by atoms with Gasteiger partial charge in [0.25, 0.3) is 0 Å². The number of nitrogens with two attached hydrogens (primary N) is 1. The van der Waals surface area contributed by atoms with Crippen LogP contribution in [0, 0.1) is 5.41 Å². The van der Waals surface area contributed by atoms with Crippen molar-refractivity contribution in [2.24, 2.45) is 5.73 Å². The number of nitrogens with zero attached hydrogens (tertiary/aromatic N) is 1. The molecule has 1 aliphatic carbocycles. The topological polar surface area (TPSA) is 92.2 Å². The van der Waals surface area contributed by atoms with E-state index in [2.05, 4.69) is 4.98 Å². The molecule has 4 N–H and O–H groups in total. The zero-order valence-electron chi connectivity index (χ0n) is 11.6. The SMILES string of the molecule is N=C(N)c1cc2c(nc1Oc1ccc(CO)cc1)CCC2. The van der Waals surface area contributed by atoms with Gasteiger partial charge in [-0.05, 0) is 48.6 Å². The second-order valence-electron chi connectivity index (χ2n) is 5.12. The Hall–Kier alpha value is -2.40. The van der Waals surface area contributed by atoms with E-state index in [-0.39, 0.29) is 12.4 Å². The normalized spacial score (nSPS) is 13.0. The summed E-state index contributed by atoms with van der Waals surface area (Å²) < 4.78 is 5.78. The summed E-state index contributed by atoms with van der Waals surface area (Å²) in [6.45, 7) is -0.00390. The molecule has 5 heteroatoms. The largest absolute Gasteiger partial charge is 0.438 e. The number of nitrogens with one attached hydrogen (secondary N) is 1. The molecule has 1 aromatic carbocycles. The maximum Gasteiger partial charge on any atom is 0.230 e. The second-order valence-corrected chi connectivity index (χ2v) is 5.12. The van der Waals surface area contributed by atoms with Gasteiger partial charge < -0.3 is 15.6 Å². The zero-order chi connectivity index (χ0) is 14.8. The van der Waals surface area contributed by atoms with Gasteiger partial charge in [0.2, 0.25) is 5.88 Å². The Labute approximate surface area is 122 Å². The first-order chi connectivity index (χ1) is 10.2. The standard InChI is InChI=1S/C16H17N3O2/c17-15(18)13-8-11-2-1-3-14(11)19-16(13)21-12-6-4-10(9-20)5-7-12/h4-8,20H,1-3,9H2,(H3,17,18). The number of aliphatic hydroxyl groups is 1. The number of aromatic nitrogens is 1. The van der Waals surface area contributed by atoms with Crippen LogP contribution in [0.25, 0.3) is 0 Å². The second kappa shape index (κ2) is 5.54. The van der Waals surface area contributed by atoms with E-state index in [1.165, 1.54) is 0 Å². The first kappa shape index (κ1) is 13.6. The Morgan fingerprint density at radius 1 is 1.29 bits per heavy atom. The fourth-order valence-corrected chi connectivity index (χ4v) is 2.50. The average Bonchev–Trinajstić information content (AvgIpc) is 2.94. The van der Waals surface area contributed by atoms with Crippen molar-refractivity contribution in [3.05, 3.63) is 52.7 Å². The summed E-state index contributed by atoms with van der Waals surface area (Å²) in [5.74, 6) is 0.944. The van der Waals surface area contributed by atoms with Crippen LogP contribution in [0.15, 0.2) is 30.3 Å². The lowest BCUT2D eigenvalue weighted by atomic mass is 10.1. The van der Waals surface area contributed by atoms with E-state index < -0.39 is 0 Å². The highest BCUT2D eigenvalue weighted by molar-refractivity contribution is 5.97. The van der Waals surface area contributed by atoms with Crippen LogP contribution in [0.3, 0.4) is 0 Å². The van der Waals surface area contributed by atoms with Crippen molar-refractivity contribution in [3.63, 3.8) is 0 Å². The van der Waals surface area contributed by atoms with Crippen molar-refractivity contribution in [3.8, 4) is 11.6 Å². The third-order valence-corrected chi connectivity index (χ3v) is 3.63. The highest BCUT2D eigenvalue weighted by Crippen LogP contribution is 2.29. The summed E-state index contributed by atoms with van der Waals surface area (Å²) in [5, 5.41) is 16.7. The molecule has 1 heterocycles. The highest BCUT2D eigenvalue weighted by Gasteiger charge is 2.19. The Bertz CT molecular complexity index is 681. The lowest BCUT2D eigenvalue weighted by molar-refractivity contribution is 0.281. The molecule has 0 unspecified atom stereocenters. The molecule has 0 saturated heterocycles. The molecular formula is C16H17N3O2. The third kappa shape index (κ3) is 2.73.